The molecule has 0 radical (unpaired) electrons. The van der Waals surface area contributed by atoms with Gasteiger partial charge in [-0.2, -0.15) is 0 Å². The van der Waals surface area contributed by atoms with E-state index in [1.807, 2.05) is 45.5 Å². The number of piperazine rings is 1. The molecule has 3 fully saturated rings. The first-order valence-electron chi connectivity index (χ1n) is 10.8. The van der Waals surface area contributed by atoms with E-state index in [4.69, 9.17) is 0 Å². The third kappa shape index (κ3) is 5.12. The molecular weight excluding hydrogens is 402 g/mol. The lowest BCUT2D eigenvalue weighted by atomic mass is 10.0. The number of benzene rings is 1. The van der Waals surface area contributed by atoms with Gasteiger partial charge in [0.1, 0.15) is 0 Å². The van der Waals surface area contributed by atoms with E-state index in [0.717, 1.165) is 38.0 Å². The quantitative estimate of drug-likeness (QED) is 0.729. The van der Waals surface area contributed by atoms with Crippen molar-refractivity contribution in [2.45, 2.75) is 36.8 Å². The number of hydrogen-bond donors (Lipinski definition) is 0. The Morgan fingerprint density at radius 2 is 1.66 bits per heavy atom. The zero-order valence-corrected chi connectivity index (χ0v) is 18.8. The summed E-state index contributed by atoms with van der Waals surface area (Å²) in [6, 6.07) is 8.54. The number of amides is 2. The zero-order chi connectivity index (χ0) is 20.2. The molecule has 3 aliphatic rings. The number of piperidine rings is 1. The number of rotatable bonds is 4. The van der Waals surface area contributed by atoms with Crippen LogP contribution in [0.15, 0.2) is 24.3 Å². The monoisotopic (exact) mass is 433 g/mol. The zero-order valence-electron chi connectivity index (χ0n) is 17.2. The molecule has 0 aromatic heterocycles. The first kappa shape index (κ1) is 21.1. The van der Waals surface area contributed by atoms with Crippen LogP contribution in [-0.2, 0) is 4.79 Å². The second-order valence-corrected chi connectivity index (χ2v) is 10.9. The van der Waals surface area contributed by atoms with Crippen molar-refractivity contribution in [3.63, 3.8) is 0 Å². The molecule has 3 aliphatic heterocycles. The first-order chi connectivity index (χ1) is 14.1. The number of carbonyl (C=O) groups is 2. The number of nitrogens with zero attached hydrogens (tertiary/aromatic N) is 3. The summed E-state index contributed by atoms with van der Waals surface area (Å²) in [6.07, 6.45) is 3.46. The SMILES string of the molecule is CC1CCCCN1C(=O)CN1CCN(C(=O)c2ccc(C3SCCS3)cc2)CC1. The smallest absolute Gasteiger partial charge is 0.253 e. The summed E-state index contributed by atoms with van der Waals surface area (Å²) >= 11 is 3.97. The lowest BCUT2D eigenvalue weighted by molar-refractivity contribution is -0.136. The fourth-order valence-electron chi connectivity index (χ4n) is 4.38. The van der Waals surface area contributed by atoms with Crippen LogP contribution in [0.3, 0.4) is 0 Å². The van der Waals surface area contributed by atoms with Crippen molar-refractivity contribution >= 4 is 35.3 Å². The standard InChI is InChI=1S/C22H31N3O2S2/c1-17-4-2-3-9-25(17)20(26)16-23-10-12-24(13-11-23)21(27)18-5-7-19(8-6-18)22-28-14-15-29-22/h5-8,17,22H,2-4,9-16H2,1H3. The molecule has 1 aromatic rings. The lowest BCUT2D eigenvalue weighted by Gasteiger charge is -2.38. The third-order valence-electron chi connectivity index (χ3n) is 6.19. The molecule has 0 N–H and O–H groups in total. The Morgan fingerprint density at radius 1 is 0.966 bits per heavy atom. The first-order valence-corrected chi connectivity index (χ1v) is 12.9. The van der Waals surface area contributed by atoms with Gasteiger partial charge < -0.3 is 9.80 Å². The molecule has 2 amide bonds. The van der Waals surface area contributed by atoms with E-state index >= 15 is 0 Å². The summed E-state index contributed by atoms with van der Waals surface area (Å²) in [5, 5.41) is 0. The molecule has 3 heterocycles. The number of likely N-dealkylation sites (tertiary alicyclic amines) is 1. The maximum Gasteiger partial charge on any atom is 0.253 e. The number of hydrogen-bond acceptors (Lipinski definition) is 5. The maximum absolute atomic E-state index is 12.9. The number of thioether (sulfide) groups is 2. The maximum atomic E-state index is 12.9. The molecule has 7 heteroatoms. The summed E-state index contributed by atoms with van der Waals surface area (Å²) in [5.74, 6) is 2.77. The molecule has 0 bridgehead atoms. The summed E-state index contributed by atoms with van der Waals surface area (Å²) in [4.78, 5) is 31.7. The Balaban J connectivity index is 1.26. The van der Waals surface area contributed by atoms with Gasteiger partial charge in [0.15, 0.2) is 0 Å². The molecule has 158 valence electrons. The van der Waals surface area contributed by atoms with E-state index in [-0.39, 0.29) is 11.8 Å². The summed E-state index contributed by atoms with van der Waals surface area (Å²) < 4.78 is 0.517. The Kier molecular flexibility index (Phi) is 7.08. The predicted molar refractivity (Wildman–Crippen MR) is 121 cm³/mol. The minimum Gasteiger partial charge on any atom is -0.339 e. The average molecular weight is 434 g/mol. The van der Waals surface area contributed by atoms with Crippen molar-refractivity contribution in [2.75, 3.05) is 50.8 Å². The van der Waals surface area contributed by atoms with Gasteiger partial charge in [-0.05, 0) is 43.9 Å². The molecule has 5 nitrogen and oxygen atoms in total. The Bertz CT molecular complexity index is 713. The van der Waals surface area contributed by atoms with Gasteiger partial charge in [-0.15, -0.1) is 23.5 Å². The molecule has 29 heavy (non-hydrogen) atoms. The van der Waals surface area contributed by atoms with Crippen LogP contribution >= 0.6 is 23.5 Å². The van der Waals surface area contributed by atoms with Crippen molar-refractivity contribution in [1.29, 1.82) is 0 Å². The van der Waals surface area contributed by atoms with Crippen molar-refractivity contribution in [3.05, 3.63) is 35.4 Å². The molecule has 3 saturated heterocycles. The molecule has 1 unspecified atom stereocenters. The lowest BCUT2D eigenvalue weighted by Crippen LogP contribution is -2.53. The highest BCUT2D eigenvalue weighted by atomic mass is 32.2. The second-order valence-electron chi connectivity index (χ2n) is 8.20. The van der Waals surface area contributed by atoms with E-state index in [1.165, 1.54) is 23.5 Å². The van der Waals surface area contributed by atoms with Crippen LogP contribution in [0.1, 0.15) is 46.7 Å². The summed E-state index contributed by atoms with van der Waals surface area (Å²) in [6.45, 7) is 6.46. The van der Waals surface area contributed by atoms with E-state index in [1.54, 1.807) is 0 Å². The molecule has 4 rings (SSSR count). The molecule has 0 saturated carbocycles. The fraction of sp³-hybridized carbons (Fsp3) is 0.636. The van der Waals surface area contributed by atoms with Gasteiger partial charge >= 0.3 is 0 Å². The molecule has 1 atom stereocenters. The molecule has 0 spiro atoms. The highest BCUT2D eigenvalue weighted by Crippen LogP contribution is 2.45. The van der Waals surface area contributed by atoms with Crippen molar-refractivity contribution in [1.82, 2.24) is 14.7 Å². The minimum atomic E-state index is 0.110. The van der Waals surface area contributed by atoms with Crippen molar-refractivity contribution in [3.8, 4) is 0 Å². The van der Waals surface area contributed by atoms with E-state index < -0.39 is 0 Å². The molecular formula is C22H31N3O2S2. The molecule has 0 aliphatic carbocycles. The van der Waals surface area contributed by atoms with E-state index in [9.17, 15) is 9.59 Å². The van der Waals surface area contributed by atoms with Gasteiger partial charge in [-0.25, -0.2) is 0 Å². The Labute approximate surface area is 182 Å². The third-order valence-corrected chi connectivity index (χ3v) is 9.30. The van der Waals surface area contributed by atoms with E-state index in [2.05, 4.69) is 24.0 Å². The van der Waals surface area contributed by atoms with Crippen LogP contribution in [0.4, 0.5) is 0 Å². The van der Waals surface area contributed by atoms with Crippen LogP contribution in [0.2, 0.25) is 0 Å². The van der Waals surface area contributed by atoms with Crippen LogP contribution in [0.5, 0.6) is 0 Å². The second kappa shape index (κ2) is 9.75. The Morgan fingerprint density at radius 3 is 2.31 bits per heavy atom. The van der Waals surface area contributed by atoms with Crippen LogP contribution in [-0.4, -0.2) is 83.3 Å². The van der Waals surface area contributed by atoms with Gasteiger partial charge in [0, 0.05) is 55.8 Å². The van der Waals surface area contributed by atoms with Crippen LogP contribution in [0, 0.1) is 0 Å². The van der Waals surface area contributed by atoms with Gasteiger partial charge in [0.2, 0.25) is 5.91 Å². The summed E-state index contributed by atoms with van der Waals surface area (Å²) in [5.41, 5.74) is 2.08. The highest BCUT2D eigenvalue weighted by molar-refractivity contribution is 8.19. The average Bonchev–Trinajstić information content (AvgIpc) is 3.29. The van der Waals surface area contributed by atoms with E-state index in [0.29, 0.717) is 30.3 Å². The normalized spacial score (nSPS) is 24.1. The van der Waals surface area contributed by atoms with Crippen LogP contribution < -0.4 is 0 Å². The largest absolute Gasteiger partial charge is 0.339 e. The van der Waals surface area contributed by atoms with Gasteiger partial charge in [-0.1, -0.05) is 12.1 Å². The van der Waals surface area contributed by atoms with Crippen molar-refractivity contribution < 1.29 is 9.59 Å². The fourth-order valence-corrected chi connectivity index (χ4v) is 7.24. The van der Waals surface area contributed by atoms with Gasteiger partial charge in [0.25, 0.3) is 5.91 Å². The topological polar surface area (TPSA) is 43.9 Å². The summed E-state index contributed by atoms with van der Waals surface area (Å²) in [7, 11) is 0. The predicted octanol–water partition coefficient (Wildman–Crippen LogP) is 3.32. The Hall–Kier alpha value is -1.18. The minimum absolute atomic E-state index is 0.110. The van der Waals surface area contributed by atoms with Crippen LogP contribution in [0.25, 0.3) is 0 Å². The highest BCUT2D eigenvalue weighted by Gasteiger charge is 2.28. The number of carbonyl (C=O) groups excluding carboxylic acids is 2. The van der Waals surface area contributed by atoms with Gasteiger partial charge in [-0.3, -0.25) is 14.5 Å². The van der Waals surface area contributed by atoms with Gasteiger partial charge in [0.05, 0.1) is 11.1 Å². The molecule has 1 aromatic carbocycles. The van der Waals surface area contributed by atoms with Crippen molar-refractivity contribution in [2.24, 2.45) is 0 Å².